The van der Waals surface area contributed by atoms with Gasteiger partial charge in [0.25, 0.3) is 0 Å². The van der Waals surface area contributed by atoms with Crippen LogP contribution in [-0.2, 0) is 4.74 Å². The molecule has 0 aromatic heterocycles. The maximum absolute atomic E-state index is 11.4. The smallest absolute Gasteiger partial charge is 0.410 e. The SMILES string of the molecule is CCCCCC(C)(C)N1CCOC1=O. The fourth-order valence-corrected chi connectivity index (χ4v) is 1.89. The molecule has 0 N–H and O–H groups in total. The molecule has 14 heavy (non-hydrogen) atoms. The van der Waals surface area contributed by atoms with E-state index in [1.807, 2.05) is 4.90 Å². The van der Waals surface area contributed by atoms with E-state index < -0.39 is 0 Å². The number of hydrogen-bond acceptors (Lipinski definition) is 2. The first-order chi connectivity index (χ1) is 6.58. The Hall–Kier alpha value is -0.730. The van der Waals surface area contributed by atoms with Gasteiger partial charge >= 0.3 is 6.09 Å². The molecule has 1 amide bonds. The number of unbranched alkanes of at least 4 members (excludes halogenated alkanes) is 2. The van der Waals surface area contributed by atoms with Gasteiger partial charge < -0.3 is 4.74 Å². The van der Waals surface area contributed by atoms with E-state index in [1.165, 1.54) is 19.3 Å². The van der Waals surface area contributed by atoms with E-state index in [0.29, 0.717) is 6.61 Å². The molecule has 3 heteroatoms. The summed E-state index contributed by atoms with van der Waals surface area (Å²) < 4.78 is 4.95. The van der Waals surface area contributed by atoms with Crippen molar-refractivity contribution in [1.82, 2.24) is 4.90 Å². The minimum atomic E-state index is -0.147. The van der Waals surface area contributed by atoms with Crippen LogP contribution in [0.1, 0.15) is 46.5 Å². The highest BCUT2D eigenvalue weighted by Crippen LogP contribution is 2.25. The van der Waals surface area contributed by atoms with Crippen LogP contribution < -0.4 is 0 Å². The lowest BCUT2D eigenvalue weighted by atomic mass is 9.95. The van der Waals surface area contributed by atoms with Gasteiger partial charge in [-0.2, -0.15) is 0 Å². The summed E-state index contributed by atoms with van der Waals surface area (Å²) in [4.78, 5) is 13.2. The Morgan fingerprint density at radius 3 is 2.64 bits per heavy atom. The topological polar surface area (TPSA) is 29.5 Å². The van der Waals surface area contributed by atoms with Gasteiger partial charge in [-0.25, -0.2) is 4.79 Å². The molecule has 0 saturated carbocycles. The Balaban J connectivity index is 2.42. The molecule has 3 nitrogen and oxygen atoms in total. The lowest BCUT2D eigenvalue weighted by Crippen LogP contribution is -2.44. The average Bonchev–Trinajstić information content (AvgIpc) is 2.52. The Labute approximate surface area is 86.4 Å². The number of rotatable bonds is 5. The van der Waals surface area contributed by atoms with Gasteiger partial charge in [-0.15, -0.1) is 0 Å². The predicted octanol–water partition coefficient (Wildman–Crippen LogP) is 2.80. The molecule has 1 fully saturated rings. The first-order valence-corrected chi connectivity index (χ1v) is 5.52. The Morgan fingerprint density at radius 2 is 2.14 bits per heavy atom. The third-order valence-electron chi connectivity index (χ3n) is 2.88. The van der Waals surface area contributed by atoms with Crippen molar-refractivity contribution in [2.45, 2.75) is 52.0 Å². The highest BCUT2D eigenvalue weighted by molar-refractivity contribution is 5.70. The van der Waals surface area contributed by atoms with Gasteiger partial charge in [0.1, 0.15) is 6.61 Å². The second-order valence-corrected chi connectivity index (χ2v) is 4.54. The monoisotopic (exact) mass is 199 g/mol. The number of amides is 1. The number of nitrogens with zero attached hydrogens (tertiary/aromatic N) is 1. The van der Waals surface area contributed by atoms with Crippen LogP contribution in [0.3, 0.4) is 0 Å². The average molecular weight is 199 g/mol. The number of hydrogen-bond donors (Lipinski definition) is 0. The summed E-state index contributed by atoms with van der Waals surface area (Å²) in [5.74, 6) is 0. The minimum Gasteiger partial charge on any atom is -0.448 e. The van der Waals surface area contributed by atoms with Gasteiger partial charge in [0.2, 0.25) is 0 Å². The Morgan fingerprint density at radius 1 is 1.43 bits per heavy atom. The fourth-order valence-electron chi connectivity index (χ4n) is 1.89. The molecule has 0 spiro atoms. The van der Waals surface area contributed by atoms with Gasteiger partial charge in [-0.3, -0.25) is 4.90 Å². The third kappa shape index (κ3) is 2.63. The molecule has 0 aliphatic carbocycles. The van der Waals surface area contributed by atoms with E-state index in [0.717, 1.165) is 13.0 Å². The zero-order valence-corrected chi connectivity index (χ0v) is 9.51. The van der Waals surface area contributed by atoms with Crippen molar-refractivity contribution in [2.75, 3.05) is 13.2 Å². The molecule has 0 unspecified atom stereocenters. The number of ether oxygens (including phenoxy) is 1. The van der Waals surface area contributed by atoms with E-state index >= 15 is 0 Å². The molecule has 1 saturated heterocycles. The molecular weight excluding hydrogens is 178 g/mol. The lowest BCUT2D eigenvalue weighted by molar-refractivity contribution is 0.121. The van der Waals surface area contributed by atoms with Crippen LogP contribution in [0.5, 0.6) is 0 Å². The van der Waals surface area contributed by atoms with E-state index in [2.05, 4.69) is 20.8 Å². The summed E-state index contributed by atoms with van der Waals surface area (Å²) in [6, 6.07) is 0. The molecule has 0 atom stereocenters. The zero-order chi connectivity index (χ0) is 10.6. The van der Waals surface area contributed by atoms with Crippen molar-refractivity contribution < 1.29 is 9.53 Å². The third-order valence-corrected chi connectivity index (χ3v) is 2.88. The molecule has 0 aromatic rings. The summed E-state index contributed by atoms with van der Waals surface area (Å²) >= 11 is 0. The summed E-state index contributed by atoms with van der Waals surface area (Å²) in [5, 5.41) is 0. The summed E-state index contributed by atoms with van der Waals surface area (Å²) in [7, 11) is 0. The number of carbonyl (C=O) groups excluding carboxylic acids is 1. The molecule has 1 aliphatic heterocycles. The van der Waals surface area contributed by atoms with Crippen LogP contribution in [0.15, 0.2) is 0 Å². The molecular formula is C11H21NO2. The van der Waals surface area contributed by atoms with Crippen molar-refractivity contribution in [3.63, 3.8) is 0 Å². The van der Waals surface area contributed by atoms with Crippen molar-refractivity contribution in [3.8, 4) is 0 Å². The van der Waals surface area contributed by atoms with Crippen molar-refractivity contribution >= 4 is 6.09 Å². The Kier molecular flexibility index (Phi) is 3.78. The van der Waals surface area contributed by atoms with Crippen molar-refractivity contribution in [1.29, 1.82) is 0 Å². The van der Waals surface area contributed by atoms with Crippen molar-refractivity contribution in [2.24, 2.45) is 0 Å². The van der Waals surface area contributed by atoms with Gasteiger partial charge in [0.15, 0.2) is 0 Å². The number of carbonyl (C=O) groups is 1. The zero-order valence-electron chi connectivity index (χ0n) is 9.51. The van der Waals surface area contributed by atoms with Crippen LogP contribution in [0.2, 0.25) is 0 Å². The highest BCUT2D eigenvalue weighted by atomic mass is 16.6. The molecule has 0 radical (unpaired) electrons. The summed E-state index contributed by atoms with van der Waals surface area (Å²) in [6.07, 6.45) is 4.57. The first kappa shape index (κ1) is 11.3. The fraction of sp³-hybridized carbons (Fsp3) is 0.909. The van der Waals surface area contributed by atoms with E-state index in [-0.39, 0.29) is 11.6 Å². The highest BCUT2D eigenvalue weighted by Gasteiger charge is 2.34. The molecule has 1 rings (SSSR count). The van der Waals surface area contributed by atoms with Crippen LogP contribution in [0, 0.1) is 0 Å². The molecule has 1 heterocycles. The maximum Gasteiger partial charge on any atom is 0.410 e. The van der Waals surface area contributed by atoms with Crippen LogP contribution in [-0.4, -0.2) is 29.7 Å². The first-order valence-electron chi connectivity index (χ1n) is 5.52. The predicted molar refractivity (Wildman–Crippen MR) is 56.3 cm³/mol. The van der Waals surface area contributed by atoms with Gasteiger partial charge in [-0.05, 0) is 20.3 Å². The van der Waals surface area contributed by atoms with Gasteiger partial charge in [0, 0.05) is 5.54 Å². The van der Waals surface area contributed by atoms with E-state index in [1.54, 1.807) is 0 Å². The standard InChI is InChI=1S/C11H21NO2/c1-4-5-6-7-11(2,3)12-8-9-14-10(12)13/h4-9H2,1-3H3. The molecule has 82 valence electrons. The van der Waals surface area contributed by atoms with Gasteiger partial charge in [0.05, 0.1) is 6.54 Å². The van der Waals surface area contributed by atoms with Crippen LogP contribution in [0.25, 0.3) is 0 Å². The molecule has 1 aliphatic rings. The largest absolute Gasteiger partial charge is 0.448 e. The van der Waals surface area contributed by atoms with E-state index in [4.69, 9.17) is 4.74 Å². The van der Waals surface area contributed by atoms with E-state index in [9.17, 15) is 4.79 Å². The second kappa shape index (κ2) is 4.67. The quantitative estimate of drug-likeness (QED) is 0.637. The number of cyclic esters (lactones) is 1. The second-order valence-electron chi connectivity index (χ2n) is 4.54. The lowest BCUT2D eigenvalue weighted by Gasteiger charge is -2.33. The Bertz CT molecular complexity index is 201. The molecule has 0 aromatic carbocycles. The normalized spacial score (nSPS) is 17.4. The molecule has 0 bridgehead atoms. The minimum absolute atomic E-state index is 0.0389. The van der Waals surface area contributed by atoms with Crippen LogP contribution >= 0.6 is 0 Å². The van der Waals surface area contributed by atoms with Crippen LogP contribution in [0.4, 0.5) is 4.79 Å². The summed E-state index contributed by atoms with van der Waals surface area (Å²) in [6.45, 7) is 7.73. The van der Waals surface area contributed by atoms with Gasteiger partial charge in [-0.1, -0.05) is 26.2 Å². The maximum atomic E-state index is 11.4. The summed E-state index contributed by atoms with van der Waals surface area (Å²) in [5.41, 5.74) is -0.0389. The van der Waals surface area contributed by atoms with Crippen molar-refractivity contribution in [3.05, 3.63) is 0 Å².